The van der Waals surface area contributed by atoms with Crippen molar-refractivity contribution in [3.63, 3.8) is 0 Å². The Bertz CT molecular complexity index is 654. The zero-order valence-electron chi connectivity index (χ0n) is 13.6. The maximum atomic E-state index is 12.9. The minimum absolute atomic E-state index is 0.0617. The second-order valence-corrected chi connectivity index (χ2v) is 6.22. The molecular weight excluding hydrogens is 292 g/mol. The van der Waals surface area contributed by atoms with Crippen LogP contribution in [0.4, 0.5) is 0 Å². The molecule has 6 heteroatoms. The molecule has 122 valence electrons. The largest absolute Gasteiger partial charge is 0.339 e. The lowest BCUT2D eigenvalue weighted by Crippen LogP contribution is -2.35. The summed E-state index contributed by atoms with van der Waals surface area (Å²) in [5, 5.41) is 4.13. The van der Waals surface area contributed by atoms with Gasteiger partial charge < -0.3 is 9.42 Å². The van der Waals surface area contributed by atoms with E-state index in [1.54, 1.807) is 12.3 Å². The van der Waals surface area contributed by atoms with Gasteiger partial charge in [0.2, 0.25) is 5.89 Å². The van der Waals surface area contributed by atoms with Crippen molar-refractivity contribution in [1.82, 2.24) is 20.0 Å². The lowest BCUT2D eigenvalue weighted by Gasteiger charge is -2.27. The number of carbonyl (C=O) groups excluding carboxylic acids is 1. The molecule has 0 spiro atoms. The number of aromatic nitrogens is 3. The van der Waals surface area contributed by atoms with Crippen molar-refractivity contribution >= 4 is 5.91 Å². The van der Waals surface area contributed by atoms with E-state index in [0.717, 1.165) is 25.7 Å². The summed E-state index contributed by atoms with van der Waals surface area (Å²) >= 11 is 0. The van der Waals surface area contributed by atoms with Crippen LogP contribution in [-0.2, 0) is 0 Å². The maximum absolute atomic E-state index is 12.9. The van der Waals surface area contributed by atoms with Gasteiger partial charge in [0.05, 0.1) is 6.04 Å². The number of carbonyl (C=O) groups is 1. The van der Waals surface area contributed by atoms with Crippen LogP contribution in [0.1, 0.15) is 73.7 Å². The van der Waals surface area contributed by atoms with Crippen LogP contribution >= 0.6 is 0 Å². The van der Waals surface area contributed by atoms with E-state index in [9.17, 15) is 4.79 Å². The highest BCUT2D eigenvalue weighted by molar-refractivity contribution is 5.92. The first kappa shape index (κ1) is 15.6. The van der Waals surface area contributed by atoms with Gasteiger partial charge in [0.1, 0.15) is 5.69 Å². The summed E-state index contributed by atoms with van der Waals surface area (Å²) in [6.07, 6.45) is 5.66. The van der Waals surface area contributed by atoms with Crippen molar-refractivity contribution in [3.05, 3.63) is 41.8 Å². The first-order valence-electron chi connectivity index (χ1n) is 8.22. The number of likely N-dealkylation sites (tertiary alicyclic amines) is 1. The van der Waals surface area contributed by atoms with E-state index in [1.165, 1.54) is 0 Å². The van der Waals surface area contributed by atoms with Crippen LogP contribution in [-0.4, -0.2) is 32.5 Å². The minimum Gasteiger partial charge on any atom is -0.339 e. The highest BCUT2D eigenvalue weighted by atomic mass is 16.5. The molecule has 0 aromatic carbocycles. The average Bonchev–Trinajstić information content (AvgIpc) is 2.94. The Morgan fingerprint density at radius 3 is 2.87 bits per heavy atom. The second kappa shape index (κ2) is 6.89. The molecule has 3 heterocycles. The third-order valence-corrected chi connectivity index (χ3v) is 4.15. The maximum Gasteiger partial charge on any atom is 0.273 e. The summed E-state index contributed by atoms with van der Waals surface area (Å²) in [6, 6.07) is 5.26. The lowest BCUT2D eigenvalue weighted by molar-refractivity contribution is 0.0664. The molecule has 2 aromatic heterocycles. The quantitative estimate of drug-likeness (QED) is 0.868. The molecule has 23 heavy (non-hydrogen) atoms. The standard InChI is InChI=1S/C17H22N4O2/c1-12(2)16-19-15(20-23-16)14-9-4-3-7-11-21(14)17(22)13-8-5-6-10-18-13/h5-6,8,10,12,14H,3-4,7,9,11H2,1-2H3. The van der Waals surface area contributed by atoms with Gasteiger partial charge in [0, 0.05) is 18.7 Å². The fourth-order valence-corrected chi connectivity index (χ4v) is 2.87. The summed E-state index contributed by atoms with van der Waals surface area (Å²) in [5.74, 6) is 1.35. The molecule has 0 radical (unpaired) electrons. The predicted octanol–water partition coefficient (Wildman–Crippen LogP) is 3.35. The van der Waals surface area contributed by atoms with Gasteiger partial charge in [-0.25, -0.2) is 0 Å². The molecule has 1 fully saturated rings. The molecule has 1 aliphatic heterocycles. The Balaban J connectivity index is 1.89. The Morgan fingerprint density at radius 1 is 1.30 bits per heavy atom. The average molecular weight is 314 g/mol. The van der Waals surface area contributed by atoms with Crippen molar-refractivity contribution < 1.29 is 9.32 Å². The Hall–Kier alpha value is -2.24. The van der Waals surface area contributed by atoms with Crippen molar-refractivity contribution in [2.75, 3.05) is 6.54 Å². The van der Waals surface area contributed by atoms with Crippen LogP contribution in [0.15, 0.2) is 28.9 Å². The van der Waals surface area contributed by atoms with Gasteiger partial charge in [0.25, 0.3) is 5.91 Å². The fraction of sp³-hybridized carbons (Fsp3) is 0.529. The van der Waals surface area contributed by atoms with Gasteiger partial charge in [-0.05, 0) is 25.0 Å². The summed E-state index contributed by atoms with van der Waals surface area (Å²) in [5.41, 5.74) is 0.465. The van der Waals surface area contributed by atoms with Crippen LogP contribution < -0.4 is 0 Å². The first-order valence-corrected chi connectivity index (χ1v) is 8.22. The van der Waals surface area contributed by atoms with Gasteiger partial charge in [-0.2, -0.15) is 4.98 Å². The van der Waals surface area contributed by atoms with Gasteiger partial charge in [-0.1, -0.05) is 37.9 Å². The normalized spacial score (nSPS) is 18.9. The Labute approximate surface area is 135 Å². The molecule has 0 saturated carbocycles. The number of nitrogens with zero attached hydrogens (tertiary/aromatic N) is 4. The number of pyridine rings is 1. The molecule has 1 aliphatic rings. The van der Waals surface area contributed by atoms with Gasteiger partial charge >= 0.3 is 0 Å². The molecule has 1 amide bonds. The highest BCUT2D eigenvalue weighted by Gasteiger charge is 2.31. The molecule has 2 aromatic rings. The minimum atomic E-state index is -0.136. The summed E-state index contributed by atoms with van der Waals surface area (Å²) in [4.78, 5) is 23.4. The van der Waals surface area contributed by atoms with E-state index in [1.807, 2.05) is 30.9 Å². The lowest BCUT2D eigenvalue weighted by atomic mass is 10.1. The van der Waals surface area contributed by atoms with Crippen LogP contribution in [0.25, 0.3) is 0 Å². The topological polar surface area (TPSA) is 72.1 Å². The zero-order valence-corrected chi connectivity index (χ0v) is 13.6. The molecule has 1 atom stereocenters. The molecule has 1 unspecified atom stereocenters. The van der Waals surface area contributed by atoms with Crippen molar-refractivity contribution in [2.45, 2.75) is 51.5 Å². The molecule has 0 bridgehead atoms. The number of rotatable bonds is 3. The summed E-state index contributed by atoms with van der Waals surface area (Å²) in [7, 11) is 0. The molecule has 1 saturated heterocycles. The Morgan fingerprint density at radius 2 is 2.17 bits per heavy atom. The van der Waals surface area contributed by atoms with Crippen molar-refractivity contribution in [1.29, 1.82) is 0 Å². The zero-order chi connectivity index (χ0) is 16.2. The predicted molar refractivity (Wildman–Crippen MR) is 84.9 cm³/mol. The monoisotopic (exact) mass is 314 g/mol. The van der Waals surface area contributed by atoms with Crippen LogP contribution in [0, 0.1) is 0 Å². The molecule has 0 aliphatic carbocycles. The van der Waals surface area contributed by atoms with E-state index in [-0.39, 0.29) is 17.9 Å². The number of hydrogen-bond acceptors (Lipinski definition) is 5. The van der Waals surface area contributed by atoms with E-state index in [0.29, 0.717) is 24.0 Å². The first-order chi connectivity index (χ1) is 11.2. The molecule has 0 N–H and O–H groups in total. The summed E-state index contributed by atoms with van der Waals surface area (Å²) < 4.78 is 5.34. The second-order valence-electron chi connectivity index (χ2n) is 6.22. The van der Waals surface area contributed by atoms with Crippen LogP contribution in [0.2, 0.25) is 0 Å². The third kappa shape index (κ3) is 3.41. The highest BCUT2D eigenvalue weighted by Crippen LogP contribution is 2.30. The van der Waals surface area contributed by atoms with E-state index in [4.69, 9.17) is 4.52 Å². The Kier molecular flexibility index (Phi) is 4.69. The van der Waals surface area contributed by atoms with Gasteiger partial charge in [-0.15, -0.1) is 0 Å². The van der Waals surface area contributed by atoms with E-state index < -0.39 is 0 Å². The van der Waals surface area contributed by atoms with E-state index >= 15 is 0 Å². The number of hydrogen-bond donors (Lipinski definition) is 0. The number of amides is 1. The fourth-order valence-electron chi connectivity index (χ4n) is 2.87. The SMILES string of the molecule is CC(C)c1nc(C2CCCCCN2C(=O)c2ccccn2)no1. The van der Waals surface area contributed by atoms with Crippen LogP contribution in [0.5, 0.6) is 0 Å². The molecule has 3 rings (SSSR count). The van der Waals surface area contributed by atoms with Crippen molar-refractivity contribution in [2.24, 2.45) is 0 Å². The van der Waals surface area contributed by atoms with Gasteiger partial charge in [0.15, 0.2) is 5.82 Å². The molecular formula is C17H22N4O2. The van der Waals surface area contributed by atoms with E-state index in [2.05, 4.69) is 15.1 Å². The van der Waals surface area contributed by atoms with Crippen molar-refractivity contribution in [3.8, 4) is 0 Å². The third-order valence-electron chi connectivity index (χ3n) is 4.15. The molecule has 6 nitrogen and oxygen atoms in total. The van der Waals surface area contributed by atoms with Gasteiger partial charge in [-0.3, -0.25) is 9.78 Å². The smallest absolute Gasteiger partial charge is 0.273 e. The summed E-state index contributed by atoms with van der Waals surface area (Å²) in [6.45, 7) is 4.73. The van der Waals surface area contributed by atoms with Crippen LogP contribution in [0.3, 0.4) is 0 Å².